The molecule has 4 heterocycles. The molecule has 6 atom stereocenters. The summed E-state index contributed by atoms with van der Waals surface area (Å²) in [6.45, 7) is 3.91. The van der Waals surface area contributed by atoms with Crippen molar-refractivity contribution in [3.05, 3.63) is 60.2 Å². The zero-order valence-corrected chi connectivity index (χ0v) is 23.3. The molecule has 2 unspecified atom stereocenters. The zero-order chi connectivity index (χ0) is 28.8. The number of fused-ring (bicyclic) bond motifs is 2. The van der Waals surface area contributed by atoms with Gasteiger partial charge >= 0.3 is 0 Å². The number of hydrogen-bond acceptors (Lipinski definition) is 7. The van der Waals surface area contributed by atoms with Gasteiger partial charge in [0.1, 0.15) is 23.8 Å². The smallest absolute Gasteiger partial charge is 0.247 e. The number of benzene rings is 2. The SMILES string of the molecule is CC[C@@H](CO)N1C(=O)[C@@H]2[C@H](C(=O)NCc3ccccc3)[C@]3(CC)CCC2(O3)C1C(=O)NCn1nnc2ccccc21. The highest BCUT2D eigenvalue weighted by Crippen LogP contribution is 2.64. The number of carbonyl (C=O) groups excluding carboxylic acids is 3. The van der Waals surface area contributed by atoms with Crippen LogP contribution in [0, 0.1) is 11.8 Å². The van der Waals surface area contributed by atoms with E-state index < -0.39 is 41.0 Å². The second-order valence-corrected chi connectivity index (χ2v) is 11.3. The predicted molar refractivity (Wildman–Crippen MR) is 149 cm³/mol. The average Bonchev–Trinajstić information content (AvgIpc) is 3.73. The number of nitrogens with zero attached hydrogens (tertiary/aromatic N) is 4. The van der Waals surface area contributed by atoms with Gasteiger partial charge in [0, 0.05) is 6.54 Å². The molecule has 3 fully saturated rings. The Hall–Kier alpha value is -3.83. The van der Waals surface area contributed by atoms with Crippen molar-refractivity contribution in [1.29, 1.82) is 0 Å². The van der Waals surface area contributed by atoms with Crippen molar-refractivity contribution < 1.29 is 24.2 Å². The molecule has 0 radical (unpaired) electrons. The fraction of sp³-hybridized carbons (Fsp3) is 0.500. The summed E-state index contributed by atoms with van der Waals surface area (Å²) >= 11 is 0. The third-order valence-electron chi connectivity index (χ3n) is 9.36. The van der Waals surface area contributed by atoms with E-state index in [9.17, 15) is 19.5 Å². The molecule has 3 amide bonds. The van der Waals surface area contributed by atoms with Crippen LogP contribution in [0.1, 0.15) is 45.1 Å². The van der Waals surface area contributed by atoms with Crippen molar-refractivity contribution in [3.63, 3.8) is 0 Å². The molecule has 216 valence electrons. The van der Waals surface area contributed by atoms with Crippen molar-refractivity contribution in [3.8, 4) is 0 Å². The Morgan fingerprint density at radius 1 is 1.07 bits per heavy atom. The molecular formula is C30H36N6O5. The molecule has 6 rings (SSSR count). The lowest BCUT2D eigenvalue weighted by Crippen LogP contribution is -2.58. The van der Waals surface area contributed by atoms with Crippen molar-refractivity contribution in [2.75, 3.05) is 6.61 Å². The molecule has 1 spiro atoms. The van der Waals surface area contributed by atoms with Gasteiger partial charge in [-0.05, 0) is 43.4 Å². The molecule has 0 saturated carbocycles. The van der Waals surface area contributed by atoms with Crippen LogP contribution in [0.4, 0.5) is 0 Å². The minimum absolute atomic E-state index is 0.0501. The Balaban J connectivity index is 1.32. The molecule has 11 heteroatoms. The number of hydrogen-bond donors (Lipinski definition) is 3. The molecular weight excluding hydrogens is 524 g/mol. The highest BCUT2D eigenvalue weighted by Gasteiger charge is 2.79. The summed E-state index contributed by atoms with van der Waals surface area (Å²) in [5.74, 6) is -2.52. The van der Waals surface area contributed by atoms with Gasteiger partial charge in [-0.1, -0.05) is 61.5 Å². The van der Waals surface area contributed by atoms with Gasteiger partial charge in [-0.25, -0.2) is 4.68 Å². The molecule has 3 aliphatic rings. The van der Waals surface area contributed by atoms with Gasteiger partial charge in [0.25, 0.3) is 0 Å². The molecule has 2 aromatic carbocycles. The van der Waals surface area contributed by atoms with Gasteiger partial charge in [-0.2, -0.15) is 0 Å². The third kappa shape index (κ3) is 4.21. The standard InChI is InChI=1S/C30H36N6O5/c1-3-20(17-37)36-25(27(39)32-18-35-22-13-9-8-12-21(22)33-34-35)30-15-14-29(4-2,41-30)23(24(30)28(36)40)26(38)31-16-19-10-6-5-7-11-19/h5-13,20,23-25,37H,3-4,14-18H2,1-2H3,(H,31,38)(H,32,39)/t20-,23+,24-,25?,29-,30?/m0/s1. The summed E-state index contributed by atoms with van der Waals surface area (Å²) < 4.78 is 8.38. The lowest BCUT2D eigenvalue weighted by atomic mass is 9.65. The summed E-state index contributed by atoms with van der Waals surface area (Å²) in [4.78, 5) is 43.6. The van der Waals surface area contributed by atoms with E-state index in [1.807, 2.05) is 68.4 Å². The summed E-state index contributed by atoms with van der Waals surface area (Å²) in [5.41, 5.74) is 0.418. The maximum absolute atomic E-state index is 14.2. The summed E-state index contributed by atoms with van der Waals surface area (Å²) in [6, 6.07) is 15.5. The number of para-hydroxylation sites is 1. The monoisotopic (exact) mass is 560 g/mol. The van der Waals surface area contributed by atoms with E-state index in [0.29, 0.717) is 37.7 Å². The van der Waals surface area contributed by atoms with Crippen LogP contribution in [-0.2, 0) is 32.3 Å². The van der Waals surface area contributed by atoms with Crippen molar-refractivity contribution in [2.24, 2.45) is 11.8 Å². The normalized spacial score (nSPS) is 29.1. The molecule has 3 N–H and O–H groups in total. The first-order chi connectivity index (χ1) is 19.9. The molecule has 0 aliphatic carbocycles. The molecule has 3 saturated heterocycles. The van der Waals surface area contributed by atoms with Gasteiger partial charge in [0.2, 0.25) is 17.7 Å². The average molecular weight is 561 g/mol. The minimum Gasteiger partial charge on any atom is -0.394 e. The Kier molecular flexibility index (Phi) is 7.03. The Bertz CT molecular complexity index is 1460. The topological polar surface area (TPSA) is 139 Å². The minimum atomic E-state index is -1.17. The molecule has 41 heavy (non-hydrogen) atoms. The first-order valence-electron chi connectivity index (χ1n) is 14.4. The quantitative estimate of drug-likeness (QED) is 0.343. The van der Waals surface area contributed by atoms with Crippen molar-refractivity contribution in [2.45, 2.75) is 76.0 Å². The van der Waals surface area contributed by atoms with Crippen LogP contribution in [0.15, 0.2) is 54.6 Å². The Morgan fingerprint density at radius 2 is 1.83 bits per heavy atom. The largest absolute Gasteiger partial charge is 0.394 e. The van der Waals surface area contributed by atoms with Crippen LogP contribution < -0.4 is 10.6 Å². The third-order valence-corrected chi connectivity index (χ3v) is 9.36. The fourth-order valence-electron chi connectivity index (χ4n) is 7.34. The van der Waals surface area contributed by atoms with Gasteiger partial charge in [-0.15, -0.1) is 5.10 Å². The number of aliphatic hydroxyl groups excluding tert-OH is 1. The van der Waals surface area contributed by atoms with Gasteiger partial charge in [0.15, 0.2) is 0 Å². The van der Waals surface area contributed by atoms with E-state index in [0.717, 1.165) is 11.1 Å². The predicted octanol–water partition coefficient (Wildman–Crippen LogP) is 1.75. The lowest BCUT2D eigenvalue weighted by molar-refractivity contribution is -0.151. The van der Waals surface area contributed by atoms with Crippen LogP contribution in [0.3, 0.4) is 0 Å². The second kappa shape index (κ2) is 10.5. The second-order valence-electron chi connectivity index (χ2n) is 11.3. The van der Waals surface area contributed by atoms with E-state index >= 15 is 0 Å². The van der Waals surface area contributed by atoms with E-state index in [2.05, 4.69) is 20.9 Å². The molecule has 3 aromatic rings. The van der Waals surface area contributed by atoms with Crippen LogP contribution in [0.2, 0.25) is 0 Å². The van der Waals surface area contributed by atoms with E-state index in [-0.39, 0.29) is 25.1 Å². The van der Waals surface area contributed by atoms with E-state index in [1.54, 1.807) is 4.68 Å². The number of ether oxygens (including phenoxy) is 1. The fourth-order valence-corrected chi connectivity index (χ4v) is 7.34. The summed E-state index contributed by atoms with van der Waals surface area (Å²) in [7, 11) is 0. The van der Waals surface area contributed by atoms with Gasteiger partial charge in [0.05, 0.1) is 35.6 Å². The number of likely N-dealkylation sites (tertiary alicyclic amines) is 1. The maximum atomic E-state index is 14.2. The first kappa shape index (κ1) is 27.3. The highest BCUT2D eigenvalue weighted by molar-refractivity contribution is 5.99. The van der Waals surface area contributed by atoms with Crippen LogP contribution >= 0.6 is 0 Å². The van der Waals surface area contributed by atoms with E-state index in [1.165, 1.54) is 4.90 Å². The molecule has 11 nitrogen and oxygen atoms in total. The Morgan fingerprint density at radius 3 is 2.56 bits per heavy atom. The van der Waals surface area contributed by atoms with Crippen molar-refractivity contribution in [1.82, 2.24) is 30.5 Å². The summed E-state index contributed by atoms with van der Waals surface area (Å²) in [6.07, 6.45) is 2.03. The Labute approximate surface area is 238 Å². The number of rotatable bonds is 10. The van der Waals surface area contributed by atoms with Crippen LogP contribution in [-0.4, -0.2) is 72.6 Å². The number of nitrogens with one attached hydrogen (secondary N) is 2. The number of amides is 3. The maximum Gasteiger partial charge on any atom is 0.247 e. The first-order valence-corrected chi connectivity index (χ1v) is 14.4. The van der Waals surface area contributed by atoms with E-state index in [4.69, 9.17) is 4.74 Å². The number of aliphatic hydroxyl groups is 1. The van der Waals surface area contributed by atoms with Crippen LogP contribution in [0.5, 0.6) is 0 Å². The lowest BCUT2D eigenvalue weighted by Gasteiger charge is -2.37. The van der Waals surface area contributed by atoms with Crippen LogP contribution in [0.25, 0.3) is 11.0 Å². The summed E-state index contributed by atoms with van der Waals surface area (Å²) in [5, 5.41) is 24.5. The molecule has 3 aliphatic heterocycles. The molecule has 1 aromatic heterocycles. The van der Waals surface area contributed by atoms with Gasteiger partial charge < -0.3 is 25.4 Å². The van der Waals surface area contributed by atoms with Crippen molar-refractivity contribution >= 4 is 28.8 Å². The number of carbonyl (C=O) groups is 3. The number of aromatic nitrogens is 3. The van der Waals surface area contributed by atoms with Gasteiger partial charge in [-0.3, -0.25) is 14.4 Å². The molecule has 2 bridgehead atoms. The highest BCUT2D eigenvalue weighted by atomic mass is 16.5. The zero-order valence-electron chi connectivity index (χ0n) is 23.3.